The van der Waals surface area contributed by atoms with Crippen LogP contribution in [0.4, 0.5) is 10.7 Å². The van der Waals surface area contributed by atoms with Crippen molar-refractivity contribution >= 4 is 67.5 Å². The SMILES string of the molecule is CC(C)(C)OC(=O)N1CCC2CN(c3nc(C4=C(c5c[nH]c6sccc56)C(=O)NC4=O)c4ccccc4n3)CCC21. The van der Waals surface area contributed by atoms with E-state index < -0.39 is 17.4 Å². The average Bonchev–Trinajstić information content (AvgIpc) is 3.70. The van der Waals surface area contributed by atoms with E-state index in [1.54, 1.807) is 17.5 Å². The number of nitrogens with zero attached hydrogens (tertiary/aromatic N) is 4. The van der Waals surface area contributed by atoms with Gasteiger partial charge in [0, 0.05) is 48.2 Å². The summed E-state index contributed by atoms with van der Waals surface area (Å²) in [5.41, 5.74) is 1.86. The van der Waals surface area contributed by atoms with Crippen LogP contribution in [0, 0.1) is 5.92 Å². The number of aromatic nitrogens is 3. The van der Waals surface area contributed by atoms with Crippen molar-refractivity contribution < 1.29 is 19.1 Å². The van der Waals surface area contributed by atoms with Gasteiger partial charge in [-0.15, -0.1) is 11.3 Å². The zero-order valence-electron chi connectivity index (χ0n) is 23.1. The van der Waals surface area contributed by atoms with Gasteiger partial charge in [0.25, 0.3) is 11.8 Å². The highest BCUT2D eigenvalue weighted by Gasteiger charge is 2.43. The van der Waals surface area contributed by atoms with Gasteiger partial charge in [0.05, 0.1) is 22.4 Å². The number of para-hydroxylation sites is 1. The number of nitrogens with one attached hydrogen (secondary N) is 2. The molecule has 210 valence electrons. The molecule has 0 radical (unpaired) electrons. The number of carbonyl (C=O) groups is 3. The Bertz CT molecular complexity index is 1770. The summed E-state index contributed by atoms with van der Waals surface area (Å²) in [5.74, 6) is -0.128. The van der Waals surface area contributed by atoms with Crippen molar-refractivity contribution in [1.82, 2.24) is 25.2 Å². The van der Waals surface area contributed by atoms with E-state index in [2.05, 4.69) is 15.2 Å². The number of anilines is 1. The second-order valence-electron chi connectivity index (χ2n) is 11.8. The molecular weight excluding hydrogens is 540 g/mol. The number of thiophene rings is 1. The van der Waals surface area contributed by atoms with E-state index in [4.69, 9.17) is 14.7 Å². The number of benzene rings is 1. The molecule has 3 aromatic heterocycles. The van der Waals surface area contributed by atoms with Crippen LogP contribution in [0.2, 0.25) is 0 Å². The number of fused-ring (bicyclic) bond motifs is 3. The zero-order valence-corrected chi connectivity index (χ0v) is 23.9. The molecule has 6 heterocycles. The normalized spacial score (nSPS) is 21.2. The van der Waals surface area contributed by atoms with E-state index in [1.165, 1.54) is 0 Å². The smallest absolute Gasteiger partial charge is 0.410 e. The molecule has 2 fully saturated rings. The van der Waals surface area contributed by atoms with Gasteiger partial charge in [-0.1, -0.05) is 18.2 Å². The van der Waals surface area contributed by atoms with Gasteiger partial charge < -0.3 is 19.5 Å². The van der Waals surface area contributed by atoms with E-state index in [0.717, 1.165) is 23.1 Å². The van der Waals surface area contributed by atoms with Gasteiger partial charge in [0.15, 0.2) is 0 Å². The Hall–Kier alpha value is -4.25. The Morgan fingerprint density at radius 2 is 1.83 bits per heavy atom. The Labute approximate surface area is 240 Å². The molecule has 0 bridgehead atoms. The topological polar surface area (TPSA) is 121 Å². The van der Waals surface area contributed by atoms with Crippen molar-refractivity contribution in [2.45, 2.75) is 45.3 Å². The van der Waals surface area contributed by atoms with Gasteiger partial charge in [-0.2, -0.15) is 0 Å². The number of likely N-dealkylation sites (tertiary alicyclic amines) is 1. The first kappa shape index (κ1) is 25.7. The summed E-state index contributed by atoms with van der Waals surface area (Å²) in [7, 11) is 0. The van der Waals surface area contributed by atoms with Gasteiger partial charge >= 0.3 is 6.09 Å². The number of piperidine rings is 1. The quantitative estimate of drug-likeness (QED) is 0.346. The van der Waals surface area contributed by atoms with Gasteiger partial charge in [-0.25, -0.2) is 14.8 Å². The molecule has 3 aliphatic heterocycles. The van der Waals surface area contributed by atoms with E-state index in [-0.39, 0.29) is 23.6 Å². The second-order valence-corrected chi connectivity index (χ2v) is 12.7. The predicted molar refractivity (Wildman–Crippen MR) is 157 cm³/mol. The number of rotatable bonds is 3. The third kappa shape index (κ3) is 4.35. The standard InChI is InChI=1S/C30H30N6O4S/c1-30(2,3)40-29(39)36-12-8-16-15-35(11-9-21(16)36)28-32-20-7-5-4-6-18(20)24(33-28)23-22(25(37)34-26(23)38)19-14-31-27-17(19)10-13-41-27/h4-7,10,13-14,16,21,31H,8-9,11-12,15H2,1-3H3,(H,34,37,38). The summed E-state index contributed by atoms with van der Waals surface area (Å²) in [4.78, 5) is 57.3. The van der Waals surface area contributed by atoms with Crippen molar-refractivity contribution in [2.24, 2.45) is 5.92 Å². The summed E-state index contributed by atoms with van der Waals surface area (Å²) in [6.07, 6.45) is 3.16. The maximum absolute atomic E-state index is 13.3. The van der Waals surface area contributed by atoms with Crippen molar-refractivity contribution in [3.8, 4) is 0 Å². The molecule has 11 heteroatoms. The van der Waals surface area contributed by atoms with E-state index in [0.29, 0.717) is 53.3 Å². The third-order valence-electron chi connectivity index (χ3n) is 8.08. The summed E-state index contributed by atoms with van der Waals surface area (Å²) in [6, 6.07) is 9.62. The fourth-order valence-electron chi connectivity index (χ4n) is 6.30. The Morgan fingerprint density at radius 3 is 2.66 bits per heavy atom. The molecule has 2 N–H and O–H groups in total. The third-order valence-corrected chi connectivity index (χ3v) is 8.92. The van der Waals surface area contributed by atoms with Gasteiger partial charge in [0.1, 0.15) is 10.4 Å². The molecule has 1 aromatic carbocycles. The molecule has 0 saturated carbocycles. The van der Waals surface area contributed by atoms with E-state index in [9.17, 15) is 14.4 Å². The van der Waals surface area contributed by atoms with E-state index >= 15 is 0 Å². The highest BCUT2D eigenvalue weighted by atomic mass is 32.1. The van der Waals surface area contributed by atoms with Gasteiger partial charge in [-0.3, -0.25) is 14.9 Å². The lowest BCUT2D eigenvalue weighted by atomic mass is 9.93. The van der Waals surface area contributed by atoms with Crippen molar-refractivity contribution in [1.29, 1.82) is 0 Å². The van der Waals surface area contributed by atoms with Crippen molar-refractivity contribution in [3.63, 3.8) is 0 Å². The van der Waals surface area contributed by atoms with Crippen molar-refractivity contribution in [2.75, 3.05) is 24.5 Å². The summed E-state index contributed by atoms with van der Waals surface area (Å²) in [5, 5.41) is 6.05. The molecule has 0 spiro atoms. The molecule has 2 saturated heterocycles. The first-order valence-corrected chi connectivity index (χ1v) is 14.7. The van der Waals surface area contributed by atoms with Crippen LogP contribution in [0.25, 0.3) is 32.3 Å². The van der Waals surface area contributed by atoms with Crippen LogP contribution in [0.5, 0.6) is 0 Å². The molecule has 3 amide bonds. The minimum Gasteiger partial charge on any atom is -0.444 e. The highest BCUT2D eigenvalue weighted by molar-refractivity contribution is 7.16. The molecule has 10 nitrogen and oxygen atoms in total. The van der Waals surface area contributed by atoms with Crippen LogP contribution in [0.1, 0.15) is 44.9 Å². The van der Waals surface area contributed by atoms with Gasteiger partial charge in [-0.05, 0) is 57.0 Å². The Kier molecular flexibility index (Phi) is 5.90. The number of amides is 3. The summed E-state index contributed by atoms with van der Waals surface area (Å²) < 4.78 is 5.66. The number of hydrogen-bond donors (Lipinski definition) is 2. The summed E-state index contributed by atoms with van der Waals surface area (Å²) >= 11 is 1.54. The molecule has 0 aliphatic carbocycles. The maximum atomic E-state index is 13.3. The Balaban J connectivity index is 1.27. The lowest BCUT2D eigenvalue weighted by Gasteiger charge is -2.38. The largest absolute Gasteiger partial charge is 0.444 e. The molecule has 2 unspecified atom stereocenters. The minimum atomic E-state index is -0.539. The van der Waals surface area contributed by atoms with Crippen LogP contribution < -0.4 is 10.2 Å². The first-order valence-electron chi connectivity index (χ1n) is 13.8. The van der Waals surface area contributed by atoms with E-state index in [1.807, 2.05) is 61.4 Å². The van der Waals surface area contributed by atoms with Crippen LogP contribution in [0.3, 0.4) is 0 Å². The number of hydrogen-bond acceptors (Lipinski definition) is 8. The fourth-order valence-corrected chi connectivity index (χ4v) is 7.08. The molecular formula is C30H30N6O4S. The van der Waals surface area contributed by atoms with Crippen molar-refractivity contribution in [3.05, 3.63) is 53.2 Å². The number of carbonyl (C=O) groups excluding carboxylic acids is 3. The number of imide groups is 1. The molecule has 3 aliphatic rings. The lowest BCUT2D eigenvalue weighted by Crippen LogP contribution is -2.49. The number of ether oxygens (including phenoxy) is 1. The predicted octanol–water partition coefficient (Wildman–Crippen LogP) is 4.58. The molecule has 4 aromatic rings. The number of aromatic amines is 1. The zero-order chi connectivity index (χ0) is 28.5. The first-order chi connectivity index (χ1) is 19.7. The van der Waals surface area contributed by atoms with Crippen LogP contribution in [-0.2, 0) is 14.3 Å². The number of H-pyrrole nitrogens is 1. The Morgan fingerprint density at radius 1 is 1.02 bits per heavy atom. The fraction of sp³-hybridized carbons (Fsp3) is 0.367. The van der Waals surface area contributed by atoms with Gasteiger partial charge in [0.2, 0.25) is 5.95 Å². The molecule has 41 heavy (non-hydrogen) atoms. The molecule has 7 rings (SSSR count). The summed E-state index contributed by atoms with van der Waals surface area (Å²) in [6.45, 7) is 7.65. The highest BCUT2D eigenvalue weighted by Crippen LogP contribution is 2.39. The minimum absolute atomic E-state index is 0.107. The average molecular weight is 571 g/mol. The second kappa shape index (κ2) is 9.41. The van der Waals surface area contributed by atoms with Crippen LogP contribution in [0.15, 0.2) is 41.9 Å². The van der Waals surface area contributed by atoms with Crippen LogP contribution in [-0.4, -0.2) is 69.0 Å². The molecule has 2 atom stereocenters. The lowest BCUT2D eigenvalue weighted by molar-refractivity contribution is -0.122. The van der Waals surface area contributed by atoms with Crippen LogP contribution >= 0.6 is 11.3 Å². The monoisotopic (exact) mass is 570 g/mol. The maximum Gasteiger partial charge on any atom is 0.410 e.